The number of amides is 3. The fourth-order valence-corrected chi connectivity index (χ4v) is 5.59. The molecule has 9 nitrogen and oxygen atoms in total. The molecule has 0 radical (unpaired) electrons. The highest BCUT2D eigenvalue weighted by atomic mass is 16.5. The number of fused-ring (bicyclic) bond motifs is 3. The Labute approximate surface area is 214 Å². The normalized spacial score (nSPS) is 21.2. The van der Waals surface area contributed by atoms with Crippen LogP contribution < -0.4 is 15.4 Å². The van der Waals surface area contributed by atoms with Crippen LogP contribution in [0.15, 0.2) is 48.5 Å². The van der Waals surface area contributed by atoms with Gasteiger partial charge in [-0.2, -0.15) is 0 Å². The molecule has 0 bridgehead atoms. The summed E-state index contributed by atoms with van der Waals surface area (Å²) in [6.07, 6.45) is 1.31. The number of aromatic nitrogens is 1. The number of carbonyl (C=O) groups excluding carboxylic acids is 4. The van der Waals surface area contributed by atoms with Crippen molar-refractivity contribution in [2.45, 2.75) is 44.2 Å². The average molecular weight is 503 g/mol. The molecule has 2 aliphatic heterocycles. The smallest absolute Gasteiger partial charge is 0.268 e. The number of rotatable bonds is 7. The second kappa shape index (κ2) is 9.38. The molecule has 3 N–H and O–H groups in total. The van der Waals surface area contributed by atoms with Crippen LogP contribution in [-0.4, -0.2) is 59.6 Å². The summed E-state index contributed by atoms with van der Waals surface area (Å²) in [5.41, 5.74) is 1.55. The third-order valence-electron chi connectivity index (χ3n) is 7.36. The number of H-pyrrole nitrogens is 1. The van der Waals surface area contributed by atoms with Crippen LogP contribution in [0.2, 0.25) is 0 Å². The summed E-state index contributed by atoms with van der Waals surface area (Å²) >= 11 is 0. The van der Waals surface area contributed by atoms with Crippen molar-refractivity contribution in [3.8, 4) is 5.75 Å². The van der Waals surface area contributed by atoms with Gasteiger partial charge < -0.3 is 30.0 Å². The molecule has 1 aromatic heterocycles. The molecule has 1 spiro atoms. The van der Waals surface area contributed by atoms with E-state index >= 15 is 0 Å². The Hall–Kier alpha value is -4.14. The maximum Gasteiger partial charge on any atom is 0.268 e. The zero-order valence-corrected chi connectivity index (χ0v) is 21.0. The molecule has 2 aliphatic rings. The van der Waals surface area contributed by atoms with Crippen molar-refractivity contribution in [2.75, 3.05) is 19.0 Å². The fourth-order valence-electron chi connectivity index (χ4n) is 5.59. The van der Waals surface area contributed by atoms with Crippen LogP contribution in [-0.2, 0) is 19.8 Å². The first kappa shape index (κ1) is 24.5. The maximum absolute atomic E-state index is 13.8. The number of nitrogens with zero attached hydrogens (tertiary/aromatic N) is 1. The highest BCUT2D eigenvalue weighted by molar-refractivity contribution is 6.08. The largest absolute Gasteiger partial charge is 0.496 e. The minimum Gasteiger partial charge on any atom is -0.496 e. The van der Waals surface area contributed by atoms with Gasteiger partial charge in [0.05, 0.1) is 18.6 Å². The van der Waals surface area contributed by atoms with Gasteiger partial charge in [-0.25, -0.2) is 0 Å². The third kappa shape index (κ3) is 4.14. The molecule has 2 aromatic carbocycles. The Kier molecular flexibility index (Phi) is 6.23. The Morgan fingerprint density at radius 3 is 2.73 bits per heavy atom. The highest BCUT2D eigenvalue weighted by Crippen LogP contribution is 2.46. The van der Waals surface area contributed by atoms with Gasteiger partial charge in [0.2, 0.25) is 11.8 Å². The number of para-hydroxylation sites is 1. The van der Waals surface area contributed by atoms with Crippen molar-refractivity contribution in [3.63, 3.8) is 0 Å². The number of aromatic amines is 1. The zero-order valence-electron chi connectivity index (χ0n) is 21.0. The summed E-state index contributed by atoms with van der Waals surface area (Å²) in [4.78, 5) is 56.8. The lowest BCUT2D eigenvalue weighted by molar-refractivity contribution is -0.137. The minimum absolute atomic E-state index is 0.0755. The first-order chi connectivity index (χ1) is 17.8. The number of methoxy groups -OCH3 is 1. The lowest BCUT2D eigenvalue weighted by Crippen LogP contribution is -2.51. The molecule has 0 unspecified atom stereocenters. The van der Waals surface area contributed by atoms with Gasteiger partial charge in [-0.3, -0.25) is 14.4 Å². The molecule has 3 heterocycles. The van der Waals surface area contributed by atoms with Gasteiger partial charge in [-0.05, 0) is 48.6 Å². The van der Waals surface area contributed by atoms with Crippen LogP contribution in [0.5, 0.6) is 5.75 Å². The molecule has 5 rings (SSSR count). The van der Waals surface area contributed by atoms with E-state index in [2.05, 4.69) is 15.6 Å². The number of hydrogen-bond donors (Lipinski definition) is 3. The number of aldehydes is 1. The Balaban J connectivity index is 1.42. The number of anilines is 1. The second-order valence-corrected chi connectivity index (χ2v) is 10.2. The third-order valence-corrected chi connectivity index (χ3v) is 7.36. The predicted molar refractivity (Wildman–Crippen MR) is 138 cm³/mol. The maximum atomic E-state index is 13.8. The molecule has 9 heteroatoms. The van der Waals surface area contributed by atoms with Gasteiger partial charge in [0.1, 0.15) is 23.8 Å². The fraction of sp³-hybridized carbons (Fsp3) is 0.357. The molecule has 1 fully saturated rings. The summed E-state index contributed by atoms with van der Waals surface area (Å²) in [6.45, 7) is 4.00. The van der Waals surface area contributed by atoms with Crippen molar-refractivity contribution in [2.24, 2.45) is 5.92 Å². The number of carbonyl (C=O) groups is 4. The van der Waals surface area contributed by atoms with Gasteiger partial charge >= 0.3 is 0 Å². The standard InChI is InChI=1S/C28H30N4O5/c1-16(2)11-23(30-25(34)22-12-18-20(29-22)9-6-10-24(18)37-3)26(35)32-15-28(13-17(32)14-33)19-7-4-5-8-21(19)31-27(28)36/h4-10,12,14,16-17,23,29H,11,13,15H2,1-3H3,(H,30,34)(H,31,36)/t17-,23-,28-/m0/s1. The van der Waals surface area contributed by atoms with Gasteiger partial charge in [0.15, 0.2) is 0 Å². The van der Waals surface area contributed by atoms with Crippen LogP contribution >= 0.6 is 0 Å². The molecular weight excluding hydrogens is 472 g/mol. The summed E-state index contributed by atoms with van der Waals surface area (Å²) in [5, 5.41) is 6.53. The quantitative estimate of drug-likeness (QED) is 0.429. The number of hydrogen-bond acceptors (Lipinski definition) is 5. The first-order valence-corrected chi connectivity index (χ1v) is 12.4. The van der Waals surface area contributed by atoms with E-state index in [0.717, 1.165) is 22.8 Å². The summed E-state index contributed by atoms with van der Waals surface area (Å²) < 4.78 is 5.39. The lowest BCUT2D eigenvalue weighted by Gasteiger charge is -2.28. The highest BCUT2D eigenvalue weighted by Gasteiger charge is 2.56. The van der Waals surface area contributed by atoms with E-state index in [-0.39, 0.29) is 30.7 Å². The minimum atomic E-state index is -0.988. The van der Waals surface area contributed by atoms with E-state index in [1.807, 2.05) is 56.3 Å². The summed E-state index contributed by atoms with van der Waals surface area (Å²) in [7, 11) is 1.56. The van der Waals surface area contributed by atoms with Gasteiger partial charge in [-0.1, -0.05) is 38.1 Å². The second-order valence-electron chi connectivity index (χ2n) is 10.2. The van der Waals surface area contributed by atoms with Gasteiger partial charge in [-0.15, -0.1) is 0 Å². The van der Waals surface area contributed by atoms with Crippen LogP contribution in [0.4, 0.5) is 5.69 Å². The molecule has 192 valence electrons. The number of benzene rings is 2. The molecule has 0 saturated carbocycles. The predicted octanol–water partition coefficient (Wildman–Crippen LogP) is 3.01. The number of ether oxygens (including phenoxy) is 1. The van der Waals surface area contributed by atoms with E-state index in [1.165, 1.54) is 4.90 Å². The SMILES string of the molecule is COc1cccc2[nH]c(C(=O)N[C@@H](CC(C)C)C(=O)N3C[C@]4(C[C@H]3C=O)C(=O)Nc3ccccc34)cc12. The average Bonchev–Trinajstić information content (AvgIpc) is 3.57. The van der Waals surface area contributed by atoms with E-state index < -0.39 is 23.4 Å². The molecule has 1 saturated heterocycles. The van der Waals surface area contributed by atoms with Crippen molar-refractivity contribution < 1.29 is 23.9 Å². The Morgan fingerprint density at radius 2 is 2.00 bits per heavy atom. The van der Waals surface area contributed by atoms with E-state index in [4.69, 9.17) is 4.74 Å². The van der Waals surface area contributed by atoms with Crippen LogP contribution in [0.3, 0.4) is 0 Å². The first-order valence-electron chi connectivity index (χ1n) is 12.4. The topological polar surface area (TPSA) is 121 Å². The Morgan fingerprint density at radius 1 is 1.22 bits per heavy atom. The van der Waals surface area contributed by atoms with Gasteiger partial charge in [0, 0.05) is 23.1 Å². The van der Waals surface area contributed by atoms with Crippen molar-refractivity contribution >= 4 is 40.6 Å². The van der Waals surface area contributed by atoms with Crippen molar-refractivity contribution in [1.82, 2.24) is 15.2 Å². The molecule has 3 atom stereocenters. The summed E-state index contributed by atoms with van der Waals surface area (Å²) in [6, 6.07) is 12.9. The van der Waals surface area contributed by atoms with Crippen LogP contribution in [0.25, 0.3) is 10.9 Å². The van der Waals surface area contributed by atoms with Crippen LogP contribution in [0, 0.1) is 5.92 Å². The molecular formula is C28H30N4O5. The zero-order chi connectivity index (χ0) is 26.3. The molecule has 3 amide bonds. The molecule has 0 aliphatic carbocycles. The van der Waals surface area contributed by atoms with Crippen molar-refractivity contribution in [1.29, 1.82) is 0 Å². The monoisotopic (exact) mass is 502 g/mol. The molecule has 3 aromatic rings. The van der Waals surface area contributed by atoms with Crippen molar-refractivity contribution in [3.05, 3.63) is 59.8 Å². The van der Waals surface area contributed by atoms with E-state index in [1.54, 1.807) is 13.2 Å². The number of likely N-dealkylation sites (tertiary alicyclic amines) is 1. The van der Waals surface area contributed by atoms with Gasteiger partial charge in [0.25, 0.3) is 5.91 Å². The van der Waals surface area contributed by atoms with E-state index in [0.29, 0.717) is 23.6 Å². The number of nitrogens with one attached hydrogen (secondary N) is 3. The van der Waals surface area contributed by atoms with E-state index in [9.17, 15) is 19.2 Å². The lowest BCUT2D eigenvalue weighted by atomic mass is 9.80. The Bertz CT molecular complexity index is 1400. The summed E-state index contributed by atoms with van der Waals surface area (Å²) in [5.74, 6) is -0.292. The molecule has 37 heavy (non-hydrogen) atoms. The van der Waals surface area contributed by atoms with Crippen LogP contribution in [0.1, 0.15) is 42.7 Å².